The molecule has 5 heteroatoms. The number of halogens is 2. The Hall–Kier alpha value is -1.84. The van der Waals surface area contributed by atoms with Crippen LogP contribution in [0.25, 0.3) is 11.1 Å². The summed E-state index contributed by atoms with van der Waals surface area (Å²) < 4.78 is 0. The molecule has 0 amide bonds. The van der Waals surface area contributed by atoms with E-state index in [1.807, 2.05) is 0 Å². The van der Waals surface area contributed by atoms with Crippen molar-refractivity contribution in [2.75, 3.05) is 0 Å². The van der Waals surface area contributed by atoms with Gasteiger partial charge in [0.05, 0.1) is 5.56 Å². The first-order valence-corrected chi connectivity index (χ1v) is 6.06. The van der Waals surface area contributed by atoms with Crippen LogP contribution >= 0.6 is 23.2 Å². The third kappa shape index (κ3) is 2.78. The molecule has 0 aromatic heterocycles. The zero-order valence-corrected chi connectivity index (χ0v) is 11.1. The first-order valence-electron chi connectivity index (χ1n) is 5.31. The van der Waals surface area contributed by atoms with E-state index in [1.165, 1.54) is 24.3 Å². The molecule has 0 saturated heterocycles. The van der Waals surface area contributed by atoms with Crippen molar-refractivity contribution in [1.82, 2.24) is 0 Å². The molecule has 2 aromatic carbocycles. The maximum Gasteiger partial charge on any atom is 0.336 e. The van der Waals surface area contributed by atoms with Crippen molar-refractivity contribution >= 4 is 35.5 Å². The van der Waals surface area contributed by atoms with Gasteiger partial charge in [-0.2, -0.15) is 0 Å². The van der Waals surface area contributed by atoms with E-state index >= 15 is 0 Å². The molecule has 0 radical (unpaired) electrons. The number of hydrogen-bond donors (Lipinski definition) is 1. The van der Waals surface area contributed by atoms with Gasteiger partial charge in [0.2, 0.25) is 0 Å². The highest BCUT2D eigenvalue weighted by Crippen LogP contribution is 2.31. The lowest BCUT2D eigenvalue weighted by Gasteiger charge is -2.10. The number of aldehydes is 1. The third-order valence-corrected chi connectivity index (χ3v) is 3.11. The summed E-state index contributed by atoms with van der Waals surface area (Å²) in [4.78, 5) is 22.3. The zero-order chi connectivity index (χ0) is 14.0. The van der Waals surface area contributed by atoms with Gasteiger partial charge >= 0.3 is 5.97 Å². The van der Waals surface area contributed by atoms with Crippen molar-refractivity contribution in [3.63, 3.8) is 0 Å². The van der Waals surface area contributed by atoms with Gasteiger partial charge < -0.3 is 5.11 Å². The number of carboxylic acid groups (broad SMARTS) is 1. The van der Waals surface area contributed by atoms with Gasteiger partial charge in [-0.15, -0.1) is 0 Å². The molecule has 3 nitrogen and oxygen atoms in total. The van der Waals surface area contributed by atoms with Crippen LogP contribution in [0.2, 0.25) is 10.0 Å². The number of aromatic carboxylic acids is 1. The van der Waals surface area contributed by atoms with E-state index in [9.17, 15) is 14.7 Å². The summed E-state index contributed by atoms with van der Waals surface area (Å²) in [5.74, 6) is -1.09. The molecule has 0 aliphatic rings. The zero-order valence-electron chi connectivity index (χ0n) is 9.56. The molecule has 0 fully saturated rings. The minimum atomic E-state index is -1.09. The van der Waals surface area contributed by atoms with Crippen molar-refractivity contribution in [3.05, 3.63) is 57.6 Å². The molecule has 0 saturated carbocycles. The molecule has 0 unspecified atom stereocenters. The molecule has 2 rings (SSSR count). The second kappa shape index (κ2) is 5.43. The summed E-state index contributed by atoms with van der Waals surface area (Å²) >= 11 is 11.8. The highest BCUT2D eigenvalue weighted by atomic mass is 35.5. The lowest BCUT2D eigenvalue weighted by molar-refractivity contribution is 0.0697. The van der Waals surface area contributed by atoms with Gasteiger partial charge in [0, 0.05) is 15.6 Å². The quantitative estimate of drug-likeness (QED) is 0.864. The van der Waals surface area contributed by atoms with Gasteiger partial charge in [-0.25, -0.2) is 4.79 Å². The van der Waals surface area contributed by atoms with E-state index in [2.05, 4.69) is 0 Å². The highest BCUT2D eigenvalue weighted by molar-refractivity contribution is 6.32. The van der Waals surface area contributed by atoms with Gasteiger partial charge in [0.15, 0.2) is 6.29 Å². The summed E-state index contributed by atoms with van der Waals surface area (Å²) in [6.45, 7) is 0. The van der Waals surface area contributed by atoms with E-state index < -0.39 is 5.97 Å². The molecule has 0 aliphatic carbocycles. The second-order valence-electron chi connectivity index (χ2n) is 3.84. The van der Waals surface area contributed by atoms with Crippen molar-refractivity contribution in [2.24, 2.45) is 0 Å². The Balaban J connectivity index is 2.77. The lowest BCUT2D eigenvalue weighted by atomic mass is 9.96. The van der Waals surface area contributed by atoms with Gasteiger partial charge in [0.1, 0.15) is 0 Å². The molecular weight excluding hydrogens is 287 g/mol. The first-order chi connectivity index (χ1) is 9.02. The molecule has 0 atom stereocenters. The van der Waals surface area contributed by atoms with Crippen molar-refractivity contribution < 1.29 is 14.7 Å². The maximum absolute atomic E-state index is 11.2. The Kier molecular flexibility index (Phi) is 3.88. The number of carbonyl (C=O) groups is 2. The Morgan fingerprint density at radius 1 is 1.00 bits per heavy atom. The number of carboxylic acids is 1. The second-order valence-corrected chi connectivity index (χ2v) is 4.72. The molecule has 0 bridgehead atoms. The molecular formula is C14H8Cl2O3. The average Bonchev–Trinajstić information content (AvgIpc) is 2.38. The Labute approximate surface area is 119 Å². The van der Waals surface area contributed by atoms with Crippen molar-refractivity contribution in [3.8, 4) is 11.1 Å². The minimum Gasteiger partial charge on any atom is -0.478 e. The Bertz CT molecular complexity index is 666. The van der Waals surface area contributed by atoms with Crippen LogP contribution in [0.3, 0.4) is 0 Å². The van der Waals surface area contributed by atoms with E-state index in [0.717, 1.165) is 0 Å². The van der Waals surface area contributed by atoms with E-state index in [4.69, 9.17) is 23.2 Å². The van der Waals surface area contributed by atoms with Gasteiger partial charge in [-0.1, -0.05) is 23.2 Å². The van der Waals surface area contributed by atoms with Crippen LogP contribution in [0, 0.1) is 0 Å². The van der Waals surface area contributed by atoms with E-state index in [1.54, 1.807) is 12.1 Å². The van der Waals surface area contributed by atoms with Crippen LogP contribution in [-0.2, 0) is 0 Å². The fourth-order valence-electron chi connectivity index (χ4n) is 1.79. The fourth-order valence-corrected chi connectivity index (χ4v) is 2.13. The smallest absolute Gasteiger partial charge is 0.336 e. The number of carbonyl (C=O) groups excluding carboxylic acids is 1. The van der Waals surface area contributed by atoms with Crippen molar-refractivity contribution in [2.45, 2.75) is 0 Å². The molecule has 19 heavy (non-hydrogen) atoms. The van der Waals surface area contributed by atoms with E-state index in [-0.39, 0.29) is 5.56 Å². The summed E-state index contributed by atoms with van der Waals surface area (Å²) in [5, 5.41) is 9.99. The van der Waals surface area contributed by atoms with Gasteiger partial charge in [-0.3, -0.25) is 4.79 Å². The van der Waals surface area contributed by atoms with Crippen LogP contribution in [0.5, 0.6) is 0 Å². The molecule has 0 aliphatic heterocycles. The van der Waals surface area contributed by atoms with Crippen LogP contribution < -0.4 is 0 Å². The predicted octanol–water partition coefficient (Wildman–Crippen LogP) is 4.17. The Morgan fingerprint density at radius 3 is 2.16 bits per heavy atom. The summed E-state index contributed by atoms with van der Waals surface area (Å²) in [5.41, 5.74) is 1.23. The average molecular weight is 295 g/mol. The molecule has 96 valence electrons. The Morgan fingerprint density at radius 2 is 1.58 bits per heavy atom. The predicted molar refractivity (Wildman–Crippen MR) is 74.2 cm³/mol. The monoisotopic (exact) mass is 294 g/mol. The molecule has 0 heterocycles. The third-order valence-electron chi connectivity index (χ3n) is 2.64. The maximum atomic E-state index is 11.2. The van der Waals surface area contributed by atoms with Crippen molar-refractivity contribution in [1.29, 1.82) is 0 Å². The van der Waals surface area contributed by atoms with Crippen LogP contribution in [0.4, 0.5) is 0 Å². The van der Waals surface area contributed by atoms with Crippen LogP contribution in [0.1, 0.15) is 20.7 Å². The SMILES string of the molecule is O=Cc1ccc(Cl)cc1-c1cc(Cl)ccc1C(=O)O. The van der Waals surface area contributed by atoms with E-state index in [0.29, 0.717) is 33.0 Å². The largest absolute Gasteiger partial charge is 0.478 e. The highest BCUT2D eigenvalue weighted by Gasteiger charge is 2.15. The minimum absolute atomic E-state index is 0.0646. The normalized spacial score (nSPS) is 10.2. The van der Waals surface area contributed by atoms with Gasteiger partial charge in [0.25, 0.3) is 0 Å². The molecule has 2 aromatic rings. The number of rotatable bonds is 3. The molecule has 0 spiro atoms. The fraction of sp³-hybridized carbons (Fsp3) is 0. The van der Waals surface area contributed by atoms with Crippen LogP contribution in [-0.4, -0.2) is 17.4 Å². The number of benzene rings is 2. The number of hydrogen-bond acceptors (Lipinski definition) is 2. The summed E-state index contributed by atoms with van der Waals surface area (Å²) in [6, 6.07) is 9.04. The topological polar surface area (TPSA) is 54.4 Å². The standard InChI is InChI=1S/C14H8Cl2O3/c15-9-2-1-8(7-17)12(5-9)13-6-10(16)3-4-11(13)14(18)19/h1-7H,(H,18,19). The van der Waals surface area contributed by atoms with Crippen LogP contribution in [0.15, 0.2) is 36.4 Å². The lowest BCUT2D eigenvalue weighted by Crippen LogP contribution is -2.01. The summed E-state index contributed by atoms with van der Waals surface area (Å²) in [7, 11) is 0. The first kappa shape index (κ1) is 13.6. The van der Waals surface area contributed by atoms with Gasteiger partial charge in [-0.05, 0) is 47.5 Å². The molecule has 1 N–H and O–H groups in total. The summed E-state index contributed by atoms with van der Waals surface area (Å²) in [6.07, 6.45) is 0.651.